The minimum absolute atomic E-state index is 0.191. The van der Waals surface area contributed by atoms with Crippen LogP contribution in [0.25, 0.3) is 11.1 Å². The van der Waals surface area contributed by atoms with Crippen LogP contribution in [-0.2, 0) is 32.3 Å². The summed E-state index contributed by atoms with van der Waals surface area (Å²) in [6.45, 7) is 8.22. The van der Waals surface area contributed by atoms with Crippen LogP contribution >= 0.6 is 0 Å². The molecule has 6 nitrogen and oxygen atoms in total. The largest absolute Gasteiger partial charge is 0.461 e. The Bertz CT molecular complexity index is 884. The number of hydrogen-bond acceptors (Lipinski definition) is 6. The van der Waals surface area contributed by atoms with Crippen LogP contribution in [0.5, 0.6) is 0 Å². The van der Waals surface area contributed by atoms with Gasteiger partial charge in [0.25, 0.3) is 0 Å². The summed E-state index contributed by atoms with van der Waals surface area (Å²) in [7, 11) is 4.10. The number of benzene rings is 2. The normalized spacial score (nSPS) is 11.2. The lowest BCUT2D eigenvalue weighted by atomic mass is 9.96. The van der Waals surface area contributed by atoms with Gasteiger partial charge >= 0.3 is 11.9 Å². The van der Waals surface area contributed by atoms with Crippen molar-refractivity contribution in [3.63, 3.8) is 0 Å². The Kier molecular flexibility index (Phi) is 15.4. The summed E-state index contributed by atoms with van der Waals surface area (Å²) in [4.78, 5) is 29.2. The first-order valence-electron chi connectivity index (χ1n) is 14.3. The third-order valence-electron chi connectivity index (χ3n) is 6.78. The minimum atomic E-state index is -0.191. The highest BCUT2D eigenvalue weighted by Crippen LogP contribution is 2.28. The Morgan fingerprint density at radius 1 is 0.605 bits per heavy atom. The van der Waals surface area contributed by atoms with Crippen molar-refractivity contribution in [2.75, 3.05) is 40.3 Å². The van der Waals surface area contributed by atoms with E-state index in [1.165, 1.54) is 25.7 Å². The number of carbonyl (C=O) groups excluding carboxylic acids is 2. The second-order valence-corrected chi connectivity index (χ2v) is 10.2. The third kappa shape index (κ3) is 12.2. The third-order valence-corrected chi connectivity index (χ3v) is 6.78. The van der Waals surface area contributed by atoms with Crippen LogP contribution in [-0.4, -0.2) is 62.0 Å². The molecule has 0 amide bonds. The Morgan fingerprint density at radius 3 is 1.39 bits per heavy atom. The van der Waals surface area contributed by atoms with E-state index in [0.29, 0.717) is 25.9 Å². The fourth-order valence-electron chi connectivity index (χ4n) is 4.33. The monoisotopic (exact) mass is 524 g/mol. The van der Waals surface area contributed by atoms with Crippen molar-refractivity contribution in [1.29, 1.82) is 0 Å². The first-order valence-corrected chi connectivity index (χ1v) is 14.3. The van der Waals surface area contributed by atoms with Gasteiger partial charge < -0.3 is 19.3 Å². The van der Waals surface area contributed by atoms with Gasteiger partial charge in [-0.15, -0.1) is 0 Å². The molecular weight excluding hydrogens is 476 g/mol. The highest BCUT2D eigenvalue weighted by atomic mass is 16.5. The summed E-state index contributed by atoms with van der Waals surface area (Å²) in [5.74, 6) is -0.381. The molecule has 0 fully saturated rings. The molecule has 0 aromatic heterocycles. The predicted molar refractivity (Wildman–Crippen MR) is 155 cm³/mol. The molecule has 0 atom stereocenters. The maximum absolute atomic E-state index is 12.4. The van der Waals surface area contributed by atoms with Gasteiger partial charge in [0.05, 0.1) is 12.8 Å². The number of nitrogens with zero attached hydrogens (tertiary/aromatic N) is 2. The van der Waals surface area contributed by atoms with Crippen LogP contribution < -0.4 is 0 Å². The summed E-state index contributed by atoms with van der Waals surface area (Å²) in [5.41, 5.74) is 3.84. The van der Waals surface area contributed by atoms with Gasteiger partial charge in [-0.05, 0) is 62.3 Å². The number of ether oxygens (including phenoxy) is 2. The molecule has 2 aromatic carbocycles. The van der Waals surface area contributed by atoms with Gasteiger partial charge in [-0.2, -0.15) is 0 Å². The molecule has 2 aromatic rings. The molecule has 0 heterocycles. The molecule has 6 heteroatoms. The van der Waals surface area contributed by atoms with Crippen molar-refractivity contribution in [3.05, 3.63) is 59.7 Å². The summed E-state index contributed by atoms with van der Waals surface area (Å²) >= 11 is 0. The predicted octanol–water partition coefficient (Wildman–Crippen LogP) is 6.46. The Hall–Kier alpha value is -2.70. The van der Waals surface area contributed by atoms with Crippen molar-refractivity contribution in [1.82, 2.24) is 9.80 Å². The molecule has 0 aliphatic heterocycles. The standard InChI is InChI=1S/C32H48N2O4/c1-5-7-13-21-33(3)23-19-31(35)37-25-27-15-9-11-17-29(27)30-18-12-10-16-28(30)26-38-32(36)20-24-34(4)22-14-8-6-2/h9-12,15-18H,5-8,13-14,19-26H2,1-4H3. The van der Waals surface area contributed by atoms with Gasteiger partial charge in [0.1, 0.15) is 13.2 Å². The molecular formula is C32H48N2O4. The molecule has 0 saturated heterocycles. The summed E-state index contributed by atoms with van der Waals surface area (Å²) in [6, 6.07) is 15.9. The zero-order chi connectivity index (χ0) is 27.6. The van der Waals surface area contributed by atoms with E-state index in [1.807, 2.05) is 62.6 Å². The second-order valence-electron chi connectivity index (χ2n) is 10.2. The molecule has 0 N–H and O–H groups in total. The van der Waals surface area contributed by atoms with Gasteiger partial charge in [-0.1, -0.05) is 88.1 Å². The molecule has 0 radical (unpaired) electrons. The average Bonchev–Trinajstić information content (AvgIpc) is 2.93. The van der Waals surface area contributed by atoms with Crippen LogP contribution in [0.2, 0.25) is 0 Å². The second kappa shape index (κ2) is 18.5. The van der Waals surface area contributed by atoms with Crippen molar-refractivity contribution in [3.8, 4) is 11.1 Å². The lowest BCUT2D eigenvalue weighted by Crippen LogP contribution is -2.23. The lowest BCUT2D eigenvalue weighted by molar-refractivity contribution is -0.146. The molecule has 0 saturated carbocycles. The molecule has 210 valence electrons. The average molecular weight is 525 g/mol. The molecule has 0 aliphatic rings. The highest BCUT2D eigenvalue weighted by molar-refractivity contribution is 5.73. The summed E-state index contributed by atoms with van der Waals surface area (Å²) in [5, 5.41) is 0. The SMILES string of the molecule is CCCCCN(C)CCC(=O)OCc1ccccc1-c1ccccc1COC(=O)CCN(C)CCCCC. The number of rotatable bonds is 19. The fraction of sp³-hybridized carbons (Fsp3) is 0.562. The van der Waals surface area contributed by atoms with Crippen molar-refractivity contribution < 1.29 is 19.1 Å². The van der Waals surface area contributed by atoms with Crippen molar-refractivity contribution in [2.45, 2.75) is 78.4 Å². The van der Waals surface area contributed by atoms with E-state index in [2.05, 4.69) is 23.6 Å². The summed E-state index contributed by atoms with van der Waals surface area (Å²) < 4.78 is 11.3. The maximum atomic E-state index is 12.4. The van der Waals surface area contributed by atoms with Crippen LogP contribution in [0.4, 0.5) is 0 Å². The molecule has 0 spiro atoms. The van der Waals surface area contributed by atoms with Crippen LogP contribution in [0, 0.1) is 0 Å². The number of hydrogen-bond donors (Lipinski definition) is 0. The number of unbranched alkanes of at least 4 members (excludes halogenated alkanes) is 4. The van der Waals surface area contributed by atoms with E-state index in [-0.39, 0.29) is 25.2 Å². The first-order chi connectivity index (χ1) is 18.4. The van der Waals surface area contributed by atoms with Gasteiger partial charge in [0, 0.05) is 13.1 Å². The van der Waals surface area contributed by atoms with Gasteiger partial charge in [-0.25, -0.2) is 0 Å². The van der Waals surface area contributed by atoms with E-state index >= 15 is 0 Å². The molecule has 2 rings (SSSR count). The van der Waals surface area contributed by atoms with Crippen LogP contribution in [0.1, 0.15) is 76.3 Å². The van der Waals surface area contributed by atoms with Gasteiger partial charge in [0.2, 0.25) is 0 Å². The van der Waals surface area contributed by atoms with E-state index in [9.17, 15) is 9.59 Å². The summed E-state index contributed by atoms with van der Waals surface area (Å²) in [6.07, 6.45) is 7.87. The van der Waals surface area contributed by atoms with E-state index in [0.717, 1.165) is 48.2 Å². The van der Waals surface area contributed by atoms with Gasteiger partial charge in [0.15, 0.2) is 0 Å². The number of carbonyl (C=O) groups is 2. The Morgan fingerprint density at radius 2 is 1.00 bits per heavy atom. The lowest BCUT2D eigenvalue weighted by Gasteiger charge is -2.17. The molecule has 0 aliphatic carbocycles. The zero-order valence-electron chi connectivity index (χ0n) is 24.0. The van der Waals surface area contributed by atoms with E-state index in [1.54, 1.807) is 0 Å². The molecule has 38 heavy (non-hydrogen) atoms. The molecule has 0 bridgehead atoms. The number of esters is 2. The highest BCUT2D eigenvalue weighted by Gasteiger charge is 2.13. The fourth-order valence-corrected chi connectivity index (χ4v) is 4.33. The van der Waals surface area contributed by atoms with Crippen LogP contribution in [0.3, 0.4) is 0 Å². The molecule has 0 unspecified atom stereocenters. The Balaban J connectivity index is 1.91. The van der Waals surface area contributed by atoms with Crippen molar-refractivity contribution >= 4 is 11.9 Å². The van der Waals surface area contributed by atoms with Gasteiger partial charge in [-0.3, -0.25) is 9.59 Å². The quantitative estimate of drug-likeness (QED) is 0.155. The van der Waals surface area contributed by atoms with E-state index < -0.39 is 0 Å². The van der Waals surface area contributed by atoms with Crippen molar-refractivity contribution in [2.24, 2.45) is 0 Å². The topological polar surface area (TPSA) is 59.1 Å². The maximum Gasteiger partial charge on any atom is 0.307 e. The van der Waals surface area contributed by atoms with Crippen LogP contribution in [0.15, 0.2) is 48.5 Å². The zero-order valence-corrected chi connectivity index (χ0v) is 24.0. The Labute approximate surface area is 230 Å². The minimum Gasteiger partial charge on any atom is -0.461 e. The van der Waals surface area contributed by atoms with E-state index in [4.69, 9.17) is 9.47 Å². The smallest absolute Gasteiger partial charge is 0.307 e. The first kappa shape index (κ1) is 31.5.